The van der Waals surface area contributed by atoms with Crippen molar-refractivity contribution in [2.75, 3.05) is 0 Å². The molecule has 0 spiro atoms. The number of halogens is 3. The maximum atomic E-state index is 14.3. The fourth-order valence-corrected chi connectivity index (χ4v) is 5.48. The van der Waals surface area contributed by atoms with Crippen LogP contribution in [0.2, 0.25) is 0 Å². The Morgan fingerprint density at radius 1 is 0.920 bits per heavy atom. The van der Waals surface area contributed by atoms with Crippen molar-refractivity contribution in [1.29, 1.82) is 0 Å². The van der Waals surface area contributed by atoms with Crippen LogP contribution in [0.5, 0.6) is 0 Å². The molecule has 0 heterocycles. The molecule has 0 bridgehead atoms. The van der Waals surface area contributed by atoms with E-state index >= 15 is 0 Å². The fourth-order valence-electron chi connectivity index (χ4n) is 5.06. The van der Waals surface area contributed by atoms with E-state index in [4.69, 9.17) is 0 Å². The first-order valence-electron chi connectivity index (χ1n) is 9.84. The summed E-state index contributed by atoms with van der Waals surface area (Å²) in [5, 5.41) is 0. The highest BCUT2D eigenvalue weighted by Gasteiger charge is 2.32. The van der Waals surface area contributed by atoms with E-state index in [0.29, 0.717) is 9.13 Å². The Morgan fingerprint density at radius 2 is 1.52 bits per heavy atom. The van der Waals surface area contributed by atoms with Gasteiger partial charge in [-0.25, -0.2) is 8.78 Å². The van der Waals surface area contributed by atoms with Crippen molar-refractivity contribution in [3.05, 3.63) is 45.6 Å². The van der Waals surface area contributed by atoms with E-state index in [9.17, 15) is 8.78 Å². The first-order chi connectivity index (χ1) is 12.1. The predicted octanol–water partition coefficient (Wildman–Crippen LogP) is 7.62. The lowest BCUT2D eigenvalue weighted by atomic mass is 9.68. The molecule has 3 heteroatoms. The third-order valence-corrected chi connectivity index (χ3v) is 7.45. The SMILES string of the molecule is C=CCCC1CCC(C2CCC(c3ccc(I)c(F)c3F)CC2)CC1. The average Bonchev–Trinajstić information content (AvgIpc) is 2.65. The van der Waals surface area contributed by atoms with E-state index in [1.807, 2.05) is 28.7 Å². The van der Waals surface area contributed by atoms with Crippen molar-refractivity contribution in [2.45, 2.75) is 70.1 Å². The molecule has 138 valence electrons. The zero-order chi connectivity index (χ0) is 17.8. The number of rotatable bonds is 5. The van der Waals surface area contributed by atoms with Crippen LogP contribution in [0, 0.1) is 33.0 Å². The molecular weight excluding hydrogens is 429 g/mol. The van der Waals surface area contributed by atoms with Gasteiger partial charge in [-0.1, -0.05) is 25.0 Å². The molecule has 0 unspecified atom stereocenters. The lowest BCUT2D eigenvalue weighted by Crippen LogP contribution is -2.25. The van der Waals surface area contributed by atoms with Crippen LogP contribution in [0.25, 0.3) is 0 Å². The summed E-state index contributed by atoms with van der Waals surface area (Å²) in [5.41, 5.74) is 0.601. The zero-order valence-electron chi connectivity index (χ0n) is 15.0. The Morgan fingerprint density at radius 3 is 2.12 bits per heavy atom. The minimum absolute atomic E-state index is 0.201. The lowest BCUT2D eigenvalue weighted by Gasteiger charge is -2.38. The first kappa shape index (κ1) is 19.3. The van der Waals surface area contributed by atoms with Gasteiger partial charge in [0.2, 0.25) is 0 Å². The van der Waals surface area contributed by atoms with Crippen molar-refractivity contribution in [2.24, 2.45) is 17.8 Å². The van der Waals surface area contributed by atoms with Crippen LogP contribution in [0.1, 0.15) is 75.7 Å². The largest absolute Gasteiger partial charge is 0.203 e. The summed E-state index contributed by atoms with van der Waals surface area (Å²) in [4.78, 5) is 0. The molecule has 0 radical (unpaired) electrons. The molecule has 1 aromatic rings. The van der Waals surface area contributed by atoms with Gasteiger partial charge in [-0.05, 0) is 109 Å². The number of hydrogen-bond acceptors (Lipinski definition) is 0. The summed E-state index contributed by atoms with van der Waals surface area (Å²) in [6, 6.07) is 3.51. The third kappa shape index (κ3) is 4.64. The molecule has 0 amide bonds. The van der Waals surface area contributed by atoms with Gasteiger partial charge >= 0.3 is 0 Å². The van der Waals surface area contributed by atoms with E-state index in [1.54, 1.807) is 12.1 Å². The highest BCUT2D eigenvalue weighted by molar-refractivity contribution is 14.1. The van der Waals surface area contributed by atoms with Gasteiger partial charge in [0.25, 0.3) is 0 Å². The van der Waals surface area contributed by atoms with Crippen LogP contribution in [-0.4, -0.2) is 0 Å². The zero-order valence-corrected chi connectivity index (χ0v) is 17.1. The van der Waals surface area contributed by atoms with E-state index in [1.165, 1.54) is 44.9 Å². The molecule has 2 saturated carbocycles. The van der Waals surface area contributed by atoms with E-state index in [0.717, 1.165) is 37.0 Å². The second kappa shape index (κ2) is 8.96. The molecule has 0 atom stereocenters. The maximum Gasteiger partial charge on any atom is 0.172 e. The summed E-state index contributed by atoms with van der Waals surface area (Å²) in [6.07, 6.45) is 14.4. The van der Waals surface area contributed by atoms with Gasteiger partial charge in [-0.15, -0.1) is 6.58 Å². The second-order valence-electron chi connectivity index (χ2n) is 8.02. The lowest BCUT2D eigenvalue weighted by molar-refractivity contribution is 0.156. The van der Waals surface area contributed by atoms with Crippen LogP contribution in [0.15, 0.2) is 24.8 Å². The topological polar surface area (TPSA) is 0 Å². The van der Waals surface area contributed by atoms with E-state index in [-0.39, 0.29) is 5.92 Å². The van der Waals surface area contributed by atoms with Gasteiger partial charge < -0.3 is 0 Å². The Balaban J connectivity index is 1.51. The van der Waals surface area contributed by atoms with Gasteiger partial charge in [0.1, 0.15) is 0 Å². The molecule has 3 rings (SSSR count). The Labute approximate surface area is 164 Å². The third-order valence-electron chi connectivity index (χ3n) is 6.61. The summed E-state index contributed by atoms with van der Waals surface area (Å²) in [7, 11) is 0. The predicted molar refractivity (Wildman–Crippen MR) is 109 cm³/mol. The molecule has 0 aliphatic heterocycles. The van der Waals surface area contributed by atoms with Crippen LogP contribution >= 0.6 is 22.6 Å². The number of hydrogen-bond donors (Lipinski definition) is 0. The van der Waals surface area contributed by atoms with Gasteiger partial charge in [0.05, 0.1) is 3.57 Å². The standard InChI is InChI=1S/C22H29F2I/c1-2-3-4-15-5-7-16(8-6-15)17-9-11-18(12-10-17)19-13-14-20(25)22(24)21(19)23/h2,13-18H,1,3-12H2. The van der Waals surface area contributed by atoms with Gasteiger partial charge in [-0.3, -0.25) is 0 Å². The molecule has 25 heavy (non-hydrogen) atoms. The van der Waals surface area contributed by atoms with E-state index < -0.39 is 11.6 Å². The highest BCUT2D eigenvalue weighted by Crippen LogP contribution is 2.45. The molecule has 2 fully saturated rings. The van der Waals surface area contributed by atoms with Crippen molar-refractivity contribution in [3.63, 3.8) is 0 Å². The summed E-state index contributed by atoms with van der Waals surface area (Å²) in [6.45, 7) is 3.83. The Hall–Kier alpha value is -0.450. The molecular formula is C22H29F2I. The van der Waals surface area contributed by atoms with Crippen molar-refractivity contribution < 1.29 is 8.78 Å². The fraction of sp³-hybridized carbons (Fsp3) is 0.636. The minimum atomic E-state index is -0.668. The quantitative estimate of drug-likeness (QED) is 0.242. The normalized spacial score (nSPS) is 30.2. The summed E-state index contributed by atoms with van der Waals surface area (Å²) < 4.78 is 28.5. The number of benzene rings is 1. The van der Waals surface area contributed by atoms with Crippen LogP contribution in [0.3, 0.4) is 0 Å². The Kier molecular flexibility index (Phi) is 6.93. The van der Waals surface area contributed by atoms with Crippen LogP contribution in [0.4, 0.5) is 8.78 Å². The molecule has 0 saturated heterocycles. The van der Waals surface area contributed by atoms with Crippen molar-refractivity contribution >= 4 is 22.6 Å². The minimum Gasteiger partial charge on any atom is -0.203 e. The summed E-state index contributed by atoms with van der Waals surface area (Å²) >= 11 is 1.86. The molecule has 1 aromatic carbocycles. The first-order valence-corrected chi connectivity index (χ1v) is 10.9. The monoisotopic (exact) mass is 458 g/mol. The molecule has 0 N–H and O–H groups in total. The Bertz CT molecular complexity index is 582. The average molecular weight is 458 g/mol. The smallest absolute Gasteiger partial charge is 0.172 e. The van der Waals surface area contributed by atoms with Gasteiger partial charge in [0.15, 0.2) is 11.6 Å². The van der Waals surface area contributed by atoms with Gasteiger partial charge in [0, 0.05) is 0 Å². The van der Waals surface area contributed by atoms with Crippen molar-refractivity contribution in [3.8, 4) is 0 Å². The number of allylic oxidation sites excluding steroid dienone is 1. The van der Waals surface area contributed by atoms with Gasteiger partial charge in [-0.2, -0.15) is 0 Å². The summed E-state index contributed by atoms with van der Waals surface area (Å²) in [5.74, 6) is 1.48. The highest BCUT2D eigenvalue weighted by atomic mass is 127. The van der Waals surface area contributed by atoms with Crippen LogP contribution in [-0.2, 0) is 0 Å². The second-order valence-corrected chi connectivity index (χ2v) is 9.19. The molecule has 0 nitrogen and oxygen atoms in total. The van der Waals surface area contributed by atoms with Crippen molar-refractivity contribution in [1.82, 2.24) is 0 Å². The molecule has 2 aliphatic carbocycles. The van der Waals surface area contributed by atoms with Crippen LogP contribution < -0.4 is 0 Å². The maximum absolute atomic E-state index is 14.3. The van der Waals surface area contributed by atoms with E-state index in [2.05, 4.69) is 6.58 Å². The molecule has 2 aliphatic rings. The molecule has 0 aromatic heterocycles.